The van der Waals surface area contributed by atoms with E-state index in [2.05, 4.69) is 15.3 Å². The van der Waals surface area contributed by atoms with Gasteiger partial charge in [-0.25, -0.2) is 9.97 Å². The van der Waals surface area contributed by atoms with E-state index in [-0.39, 0.29) is 0 Å². The summed E-state index contributed by atoms with van der Waals surface area (Å²) in [4.78, 5) is 8.52. The van der Waals surface area contributed by atoms with E-state index in [1.807, 2.05) is 36.0 Å². The summed E-state index contributed by atoms with van der Waals surface area (Å²) in [6.45, 7) is 0. The summed E-state index contributed by atoms with van der Waals surface area (Å²) >= 11 is 7.91. The third-order valence-corrected chi connectivity index (χ3v) is 4.18. The van der Waals surface area contributed by atoms with Crippen LogP contribution in [0.5, 0.6) is 0 Å². The van der Waals surface area contributed by atoms with E-state index >= 15 is 0 Å². The molecule has 88 valence electrons. The minimum atomic E-state index is 0.303. The maximum atomic E-state index is 5.94. The first kappa shape index (κ1) is 11.1. The van der Waals surface area contributed by atoms with Crippen molar-refractivity contribution in [3.63, 3.8) is 0 Å². The molecule has 0 spiro atoms. The van der Waals surface area contributed by atoms with Crippen molar-refractivity contribution < 1.29 is 0 Å². The fourth-order valence-electron chi connectivity index (χ4n) is 2.00. The van der Waals surface area contributed by atoms with Crippen LogP contribution in [0.1, 0.15) is 6.42 Å². The van der Waals surface area contributed by atoms with Crippen molar-refractivity contribution in [3.05, 3.63) is 29.5 Å². The molecular weight excluding hydrogens is 254 g/mol. The number of benzene rings is 1. The van der Waals surface area contributed by atoms with Crippen LogP contribution in [0.15, 0.2) is 24.3 Å². The highest BCUT2D eigenvalue weighted by Crippen LogP contribution is 2.26. The summed E-state index contributed by atoms with van der Waals surface area (Å²) in [6, 6.07) is 8.43. The first-order valence-electron chi connectivity index (χ1n) is 5.59. The van der Waals surface area contributed by atoms with Crippen molar-refractivity contribution in [3.8, 4) is 0 Å². The molecule has 17 heavy (non-hydrogen) atoms. The molecule has 0 aliphatic carbocycles. The number of nitrogens with one attached hydrogen (secondary N) is 1. The number of rotatable bonds is 2. The number of para-hydroxylation sites is 1. The van der Waals surface area contributed by atoms with Crippen LogP contribution in [0.25, 0.3) is 10.9 Å². The van der Waals surface area contributed by atoms with Crippen molar-refractivity contribution in [1.29, 1.82) is 0 Å². The second-order valence-corrected chi connectivity index (χ2v) is 5.55. The molecular formula is C12H12ClN3S. The molecule has 0 radical (unpaired) electrons. The molecule has 1 aromatic carbocycles. The van der Waals surface area contributed by atoms with Crippen LogP contribution in [0.2, 0.25) is 5.28 Å². The van der Waals surface area contributed by atoms with E-state index in [1.54, 1.807) is 0 Å². The van der Waals surface area contributed by atoms with Gasteiger partial charge in [-0.1, -0.05) is 12.1 Å². The summed E-state index contributed by atoms with van der Waals surface area (Å²) in [7, 11) is 0. The Bertz CT molecular complexity index is 540. The van der Waals surface area contributed by atoms with E-state index in [0.29, 0.717) is 11.3 Å². The lowest BCUT2D eigenvalue weighted by atomic mass is 10.2. The Labute approximate surface area is 109 Å². The standard InChI is InChI=1S/C12H12ClN3S/c13-12-15-10-4-2-1-3-9(10)11(16-12)14-8-5-6-17-7-8/h1-4,8H,5-7H2,(H,14,15,16). The molecule has 0 amide bonds. The molecule has 2 heterocycles. The van der Waals surface area contributed by atoms with Crippen molar-refractivity contribution in [2.75, 3.05) is 16.8 Å². The maximum Gasteiger partial charge on any atom is 0.224 e. The molecule has 1 aromatic heterocycles. The van der Waals surface area contributed by atoms with Gasteiger partial charge in [0.05, 0.1) is 5.52 Å². The van der Waals surface area contributed by atoms with E-state index in [1.165, 1.54) is 12.2 Å². The molecule has 3 nitrogen and oxygen atoms in total. The molecule has 1 atom stereocenters. The number of anilines is 1. The monoisotopic (exact) mass is 265 g/mol. The summed E-state index contributed by atoms with van der Waals surface area (Å²) in [5, 5.41) is 4.81. The first-order chi connectivity index (χ1) is 8.33. The van der Waals surface area contributed by atoms with Crippen molar-refractivity contribution in [2.45, 2.75) is 12.5 Å². The summed E-state index contributed by atoms with van der Waals surface area (Å²) < 4.78 is 0. The van der Waals surface area contributed by atoms with E-state index in [4.69, 9.17) is 11.6 Å². The number of fused-ring (bicyclic) bond motifs is 1. The van der Waals surface area contributed by atoms with Gasteiger partial charge in [-0.15, -0.1) is 0 Å². The molecule has 2 aromatic rings. The smallest absolute Gasteiger partial charge is 0.224 e. The van der Waals surface area contributed by atoms with Gasteiger partial charge < -0.3 is 5.32 Å². The SMILES string of the molecule is Clc1nc(NC2CCSC2)c2ccccc2n1. The van der Waals surface area contributed by atoms with Gasteiger partial charge in [-0.2, -0.15) is 11.8 Å². The summed E-state index contributed by atoms with van der Waals surface area (Å²) in [6.07, 6.45) is 1.18. The molecule has 1 N–H and O–H groups in total. The first-order valence-corrected chi connectivity index (χ1v) is 7.13. The summed E-state index contributed by atoms with van der Waals surface area (Å²) in [5.74, 6) is 3.21. The molecule has 1 aliphatic heterocycles. The Kier molecular flexibility index (Phi) is 3.07. The van der Waals surface area contributed by atoms with Crippen molar-refractivity contribution in [1.82, 2.24) is 9.97 Å². The fourth-order valence-corrected chi connectivity index (χ4v) is 3.33. The van der Waals surface area contributed by atoms with Crippen LogP contribution in [-0.4, -0.2) is 27.5 Å². The van der Waals surface area contributed by atoms with Crippen LogP contribution in [0.3, 0.4) is 0 Å². The van der Waals surface area contributed by atoms with Gasteiger partial charge in [-0.05, 0) is 35.9 Å². The van der Waals surface area contributed by atoms with Crippen LogP contribution in [0.4, 0.5) is 5.82 Å². The molecule has 1 unspecified atom stereocenters. The van der Waals surface area contributed by atoms with Gasteiger partial charge in [0.1, 0.15) is 5.82 Å². The Hall–Kier alpha value is -1.00. The molecule has 5 heteroatoms. The zero-order chi connectivity index (χ0) is 11.7. The van der Waals surface area contributed by atoms with Crippen LogP contribution >= 0.6 is 23.4 Å². The average molecular weight is 266 g/mol. The number of aromatic nitrogens is 2. The molecule has 3 rings (SSSR count). The zero-order valence-corrected chi connectivity index (χ0v) is 10.8. The maximum absolute atomic E-state index is 5.94. The van der Waals surface area contributed by atoms with Gasteiger partial charge in [-0.3, -0.25) is 0 Å². The van der Waals surface area contributed by atoms with Gasteiger partial charge in [0.15, 0.2) is 0 Å². The van der Waals surface area contributed by atoms with Crippen molar-refractivity contribution in [2.24, 2.45) is 0 Å². The number of thioether (sulfide) groups is 1. The number of nitrogens with zero attached hydrogens (tertiary/aromatic N) is 2. The lowest BCUT2D eigenvalue weighted by Gasteiger charge is -2.13. The molecule has 0 bridgehead atoms. The number of halogens is 1. The minimum absolute atomic E-state index is 0.303. The Morgan fingerprint density at radius 3 is 3.00 bits per heavy atom. The van der Waals surface area contributed by atoms with Gasteiger partial charge in [0.2, 0.25) is 5.28 Å². The van der Waals surface area contributed by atoms with Gasteiger partial charge in [0, 0.05) is 17.2 Å². The van der Waals surface area contributed by atoms with E-state index < -0.39 is 0 Å². The molecule has 0 saturated carbocycles. The molecule has 1 aliphatic rings. The number of hydrogen-bond donors (Lipinski definition) is 1. The average Bonchev–Trinajstić information content (AvgIpc) is 2.81. The fraction of sp³-hybridized carbons (Fsp3) is 0.333. The van der Waals surface area contributed by atoms with Gasteiger partial charge >= 0.3 is 0 Å². The minimum Gasteiger partial charge on any atom is -0.366 e. The quantitative estimate of drug-likeness (QED) is 0.847. The summed E-state index contributed by atoms with van der Waals surface area (Å²) in [5.41, 5.74) is 0.889. The lowest BCUT2D eigenvalue weighted by molar-refractivity contribution is 0.808. The normalized spacial score (nSPS) is 19.7. The highest BCUT2D eigenvalue weighted by molar-refractivity contribution is 7.99. The Morgan fingerprint density at radius 2 is 2.18 bits per heavy atom. The Balaban J connectivity index is 2.01. The van der Waals surface area contributed by atoms with Crippen LogP contribution in [0, 0.1) is 0 Å². The predicted molar refractivity (Wildman–Crippen MR) is 73.9 cm³/mol. The lowest BCUT2D eigenvalue weighted by Crippen LogP contribution is -2.19. The largest absolute Gasteiger partial charge is 0.366 e. The highest BCUT2D eigenvalue weighted by atomic mass is 35.5. The zero-order valence-electron chi connectivity index (χ0n) is 9.19. The number of hydrogen-bond acceptors (Lipinski definition) is 4. The van der Waals surface area contributed by atoms with E-state index in [9.17, 15) is 0 Å². The van der Waals surface area contributed by atoms with Crippen molar-refractivity contribution >= 4 is 40.1 Å². The molecule has 1 fully saturated rings. The third kappa shape index (κ3) is 2.33. The van der Waals surface area contributed by atoms with Crippen LogP contribution in [-0.2, 0) is 0 Å². The second kappa shape index (κ2) is 4.70. The van der Waals surface area contributed by atoms with E-state index in [0.717, 1.165) is 22.5 Å². The molecule has 1 saturated heterocycles. The highest BCUT2D eigenvalue weighted by Gasteiger charge is 2.17. The second-order valence-electron chi connectivity index (χ2n) is 4.06. The van der Waals surface area contributed by atoms with Gasteiger partial charge in [0.25, 0.3) is 0 Å². The Morgan fingerprint density at radius 1 is 1.29 bits per heavy atom. The topological polar surface area (TPSA) is 37.8 Å². The predicted octanol–water partition coefficient (Wildman–Crippen LogP) is 3.20. The third-order valence-electron chi connectivity index (χ3n) is 2.85. The van der Waals surface area contributed by atoms with Crippen LogP contribution < -0.4 is 5.32 Å².